The van der Waals surface area contributed by atoms with Crippen molar-refractivity contribution in [2.75, 3.05) is 20.8 Å². The van der Waals surface area contributed by atoms with Crippen molar-refractivity contribution >= 4 is 5.57 Å². The summed E-state index contributed by atoms with van der Waals surface area (Å²) < 4.78 is 18.2. The van der Waals surface area contributed by atoms with Crippen LogP contribution in [-0.4, -0.2) is 25.9 Å². The quantitative estimate of drug-likeness (QED) is 0.345. The molecule has 0 spiro atoms. The number of hydrogen-bond acceptors (Lipinski definition) is 4. The van der Waals surface area contributed by atoms with Crippen LogP contribution in [0.2, 0.25) is 0 Å². The van der Waals surface area contributed by atoms with Crippen molar-refractivity contribution in [3.8, 4) is 11.5 Å². The Morgan fingerprint density at radius 2 is 1.34 bits per heavy atom. The molecule has 2 unspecified atom stereocenters. The van der Waals surface area contributed by atoms with Crippen LogP contribution in [0.3, 0.4) is 0 Å². The monoisotopic (exact) mass is 500 g/mol. The van der Waals surface area contributed by atoms with Gasteiger partial charge in [-0.2, -0.15) is 0 Å². The molecule has 2 aliphatic carbocycles. The van der Waals surface area contributed by atoms with E-state index in [0.717, 1.165) is 50.1 Å². The fraction of sp³-hybridized carbons (Fsp3) is 0.176. The summed E-state index contributed by atoms with van der Waals surface area (Å²) >= 11 is 0. The highest BCUT2D eigenvalue weighted by Gasteiger charge is 2.47. The second-order valence-corrected chi connectivity index (χ2v) is 10.1. The van der Waals surface area contributed by atoms with Crippen molar-refractivity contribution in [1.29, 1.82) is 0 Å². The number of hydrogen-bond donors (Lipinski definition) is 1. The smallest absolute Gasteiger partial charge is 0.161 e. The zero-order valence-electron chi connectivity index (χ0n) is 21.3. The van der Waals surface area contributed by atoms with Crippen LogP contribution < -0.4 is 9.47 Å². The van der Waals surface area contributed by atoms with E-state index in [1.54, 1.807) is 14.2 Å². The van der Waals surface area contributed by atoms with E-state index in [-0.39, 0.29) is 6.10 Å². The molecule has 0 radical (unpaired) electrons. The van der Waals surface area contributed by atoms with E-state index < -0.39 is 11.5 Å². The van der Waals surface area contributed by atoms with Gasteiger partial charge in [-0.15, -0.1) is 0 Å². The zero-order valence-corrected chi connectivity index (χ0v) is 21.3. The Morgan fingerprint density at radius 3 is 2.00 bits per heavy atom. The van der Waals surface area contributed by atoms with Crippen LogP contribution in [-0.2, 0) is 10.2 Å². The lowest BCUT2D eigenvalue weighted by Gasteiger charge is -2.43. The summed E-state index contributed by atoms with van der Waals surface area (Å²) in [5, 5.41) is 11.8. The molecule has 4 aromatic carbocycles. The van der Waals surface area contributed by atoms with Crippen LogP contribution in [0.25, 0.3) is 5.57 Å². The van der Waals surface area contributed by atoms with Gasteiger partial charge in [-0.25, -0.2) is 0 Å². The van der Waals surface area contributed by atoms with Gasteiger partial charge in [0.15, 0.2) is 11.5 Å². The van der Waals surface area contributed by atoms with Gasteiger partial charge in [0, 0.05) is 0 Å². The summed E-state index contributed by atoms with van der Waals surface area (Å²) in [4.78, 5) is 0. The molecule has 7 rings (SSSR count). The first-order chi connectivity index (χ1) is 18.7. The van der Waals surface area contributed by atoms with Crippen LogP contribution in [0.15, 0.2) is 114 Å². The molecule has 188 valence electrons. The summed E-state index contributed by atoms with van der Waals surface area (Å²) in [7, 11) is 3.30. The molecule has 3 aliphatic rings. The Kier molecular flexibility index (Phi) is 5.29. The molecule has 0 bridgehead atoms. The van der Waals surface area contributed by atoms with Crippen molar-refractivity contribution in [3.63, 3.8) is 0 Å². The van der Waals surface area contributed by atoms with Gasteiger partial charge in [-0.1, -0.05) is 91.0 Å². The predicted octanol–water partition coefficient (Wildman–Crippen LogP) is 6.55. The fourth-order valence-corrected chi connectivity index (χ4v) is 6.46. The molecule has 2 atom stereocenters. The van der Waals surface area contributed by atoms with Gasteiger partial charge in [0.25, 0.3) is 0 Å². The largest absolute Gasteiger partial charge is 0.493 e. The molecule has 1 N–H and O–H groups in total. The topological polar surface area (TPSA) is 47.9 Å². The van der Waals surface area contributed by atoms with Gasteiger partial charge >= 0.3 is 0 Å². The first-order valence-electron chi connectivity index (χ1n) is 12.9. The Hall–Kier alpha value is -4.12. The highest BCUT2D eigenvalue weighted by Crippen LogP contribution is 2.59. The summed E-state index contributed by atoms with van der Waals surface area (Å²) in [5.41, 5.74) is 8.73. The van der Waals surface area contributed by atoms with E-state index in [2.05, 4.69) is 60.7 Å². The summed E-state index contributed by atoms with van der Waals surface area (Å²) in [5.74, 6) is 1.32. The number of aliphatic hydroxyl groups excluding tert-OH is 1. The van der Waals surface area contributed by atoms with Gasteiger partial charge in [0.1, 0.15) is 12.2 Å². The highest BCUT2D eigenvalue weighted by atomic mass is 16.5. The van der Waals surface area contributed by atoms with Crippen molar-refractivity contribution in [3.05, 3.63) is 148 Å². The van der Waals surface area contributed by atoms with Crippen molar-refractivity contribution in [2.45, 2.75) is 17.6 Å². The van der Waals surface area contributed by atoms with E-state index in [0.29, 0.717) is 18.1 Å². The molecule has 0 amide bonds. The van der Waals surface area contributed by atoms with E-state index in [4.69, 9.17) is 14.2 Å². The minimum atomic E-state index is -0.748. The summed E-state index contributed by atoms with van der Waals surface area (Å²) in [6, 6.07) is 33.2. The maximum absolute atomic E-state index is 11.8. The molecule has 0 fully saturated rings. The number of rotatable bonds is 4. The van der Waals surface area contributed by atoms with E-state index in [1.807, 2.05) is 42.5 Å². The number of benzene rings is 4. The second-order valence-electron chi connectivity index (χ2n) is 10.1. The lowest BCUT2D eigenvalue weighted by Crippen LogP contribution is -2.38. The molecule has 1 heterocycles. The maximum atomic E-state index is 11.8. The molecule has 0 aromatic heterocycles. The Labute approximate surface area is 222 Å². The number of fused-ring (bicyclic) bond motifs is 7. The van der Waals surface area contributed by atoms with Gasteiger partial charge < -0.3 is 19.3 Å². The van der Waals surface area contributed by atoms with Gasteiger partial charge in [-0.3, -0.25) is 0 Å². The van der Waals surface area contributed by atoms with E-state index >= 15 is 0 Å². The van der Waals surface area contributed by atoms with Gasteiger partial charge in [-0.05, 0) is 62.2 Å². The fourth-order valence-electron chi connectivity index (χ4n) is 6.46. The third-order valence-electron chi connectivity index (χ3n) is 8.23. The molecule has 4 aromatic rings. The van der Waals surface area contributed by atoms with Gasteiger partial charge in [0.2, 0.25) is 0 Å². The van der Waals surface area contributed by atoms with Crippen LogP contribution >= 0.6 is 0 Å². The second kappa shape index (κ2) is 8.73. The van der Waals surface area contributed by atoms with E-state index in [1.165, 1.54) is 0 Å². The lowest BCUT2D eigenvalue weighted by atomic mass is 9.68. The zero-order chi connectivity index (χ0) is 25.9. The average Bonchev–Trinajstić information content (AvgIpc) is 3.29. The first-order valence-corrected chi connectivity index (χ1v) is 12.9. The minimum absolute atomic E-state index is 0.340. The first kappa shape index (κ1) is 23.0. The lowest BCUT2D eigenvalue weighted by molar-refractivity contribution is 0.0418. The molecule has 1 aliphatic heterocycles. The van der Waals surface area contributed by atoms with Crippen molar-refractivity contribution < 1.29 is 19.3 Å². The highest BCUT2D eigenvalue weighted by molar-refractivity contribution is 5.95. The summed E-state index contributed by atoms with van der Waals surface area (Å²) in [6.45, 7) is 0.467. The third-order valence-corrected chi connectivity index (χ3v) is 8.23. The Balaban J connectivity index is 1.55. The molecule has 38 heavy (non-hydrogen) atoms. The normalized spacial score (nSPS) is 20.6. The molecular formula is C34H28O4. The van der Waals surface area contributed by atoms with Crippen molar-refractivity contribution in [1.82, 2.24) is 0 Å². The number of methoxy groups -OCH3 is 2. The average molecular weight is 501 g/mol. The molecule has 4 nitrogen and oxygen atoms in total. The SMILES string of the molecule is COc1cc2c(cc1OC)C1OCC(c3ccccc3)(c3ccccc3)C=C1C1=C2c2ccccc2C1O. The summed E-state index contributed by atoms with van der Waals surface area (Å²) in [6.07, 6.45) is 1.26. The molecule has 4 heteroatoms. The minimum Gasteiger partial charge on any atom is -0.493 e. The molecular weight excluding hydrogens is 472 g/mol. The van der Waals surface area contributed by atoms with Crippen LogP contribution in [0, 0.1) is 0 Å². The van der Waals surface area contributed by atoms with Crippen LogP contribution in [0.4, 0.5) is 0 Å². The maximum Gasteiger partial charge on any atom is 0.161 e. The van der Waals surface area contributed by atoms with Gasteiger partial charge in [0.05, 0.1) is 26.2 Å². The number of ether oxygens (including phenoxy) is 3. The molecule has 0 saturated heterocycles. The van der Waals surface area contributed by atoms with E-state index in [9.17, 15) is 5.11 Å². The van der Waals surface area contributed by atoms with Crippen LogP contribution in [0.5, 0.6) is 11.5 Å². The number of aliphatic hydroxyl groups is 1. The Bertz CT molecular complexity index is 1560. The standard InChI is InChI=1S/C34H28O4/c1-36-28-17-25-26(18-29(28)37-2)33-27(31-30(25)23-15-9-10-16-24(23)32(31)35)19-34(20-38-33,21-11-5-3-6-12-21)22-13-7-4-8-14-22/h3-19,32-33,35H,20H2,1-2H3. The molecule has 0 saturated carbocycles. The Morgan fingerprint density at radius 1 is 0.737 bits per heavy atom. The van der Waals surface area contributed by atoms with Crippen molar-refractivity contribution in [2.24, 2.45) is 0 Å². The van der Waals surface area contributed by atoms with Crippen LogP contribution in [0.1, 0.15) is 45.6 Å². The predicted molar refractivity (Wildman–Crippen MR) is 147 cm³/mol. The third kappa shape index (κ3) is 3.17.